The van der Waals surface area contributed by atoms with E-state index in [1.54, 1.807) is 39.8 Å². The standard InChI is InChI=1S/C14H19NO4S/c1-6-18-12(16)14(4,5)10-7-8-11(20-10)15-13(17)19-9(2)3/h7-8H,2,6H2,1,3-5H3,(H,15,17). The highest BCUT2D eigenvalue weighted by atomic mass is 32.1. The van der Waals surface area contributed by atoms with E-state index in [-0.39, 0.29) is 5.97 Å². The maximum absolute atomic E-state index is 11.9. The van der Waals surface area contributed by atoms with Crippen LogP contribution in [0.1, 0.15) is 32.6 Å². The second kappa shape index (κ2) is 6.56. The van der Waals surface area contributed by atoms with Crippen molar-refractivity contribution in [3.8, 4) is 0 Å². The molecule has 0 aliphatic carbocycles. The quantitative estimate of drug-likeness (QED) is 0.665. The summed E-state index contributed by atoms with van der Waals surface area (Å²) in [5.41, 5.74) is -0.751. The summed E-state index contributed by atoms with van der Waals surface area (Å²) in [5.74, 6) is 0.0176. The number of rotatable bonds is 5. The molecule has 0 radical (unpaired) electrons. The molecule has 0 bridgehead atoms. The van der Waals surface area contributed by atoms with E-state index in [1.165, 1.54) is 11.3 Å². The third-order valence-electron chi connectivity index (χ3n) is 2.50. The second-order valence-electron chi connectivity index (χ2n) is 4.73. The number of carbonyl (C=O) groups excluding carboxylic acids is 2. The number of esters is 1. The van der Waals surface area contributed by atoms with E-state index in [2.05, 4.69) is 11.9 Å². The molecule has 0 aromatic carbocycles. The number of amides is 1. The van der Waals surface area contributed by atoms with Crippen LogP contribution in [-0.2, 0) is 19.7 Å². The van der Waals surface area contributed by atoms with Gasteiger partial charge in [-0.3, -0.25) is 10.1 Å². The monoisotopic (exact) mass is 297 g/mol. The average molecular weight is 297 g/mol. The average Bonchev–Trinajstić information content (AvgIpc) is 2.77. The van der Waals surface area contributed by atoms with Crippen molar-refractivity contribution in [2.24, 2.45) is 0 Å². The zero-order valence-corrected chi connectivity index (χ0v) is 12.9. The van der Waals surface area contributed by atoms with Crippen LogP contribution in [0.3, 0.4) is 0 Å². The van der Waals surface area contributed by atoms with Crippen molar-refractivity contribution < 1.29 is 19.1 Å². The van der Waals surface area contributed by atoms with Gasteiger partial charge in [0, 0.05) is 4.88 Å². The van der Waals surface area contributed by atoms with Crippen LogP contribution < -0.4 is 5.32 Å². The first kappa shape index (κ1) is 16.2. The highest BCUT2D eigenvalue weighted by Crippen LogP contribution is 2.33. The summed E-state index contributed by atoms with van der Waals surface area (Å²) in [5, 5.41) is 3.18. The Labute approximate surface area is 122 Å². The summed E-state index contributed by atoms with van der Waals surface area (Å²) >= 11 is 1.31. The molecule has 0 aliphatic heterocycles. The van der Waals surface area contributed by atoms with Crippen LogP contribution in [0, 0.1) is 0 Å². The van der Waals surface area contributed by atoms with Gasteiger partial charge in [-0.15, -0.1) is 11.3 Å². The van der Waals surface area contributed by atoms with E-state index in [1.807, 2.05) is 0 Å². The smallest absolute Gasteiger partial charge is 0.417 e. The molecule has 1 heterocycles. The topological polar surface area (TPSA) is 64.6 Å². The molecule has 5 nitrogen and oxygen atoms in total. The molecule has 0 aliphatic rings. The Bertz CT molecular complexity index is 519. The number of allylic oxidation sites excluding steroid dienone is 1. The van der Waals surface area contributed by atoms with Crippen LogP contribution >= 0.6 is 11.3 Å². The lowest BCUT2D eigenvalue weighted by molar-refractivity contribution is -0.148. The minimum absolute atomic E-state index is 0.294. The lowest BCUT2D eigenvalue weighted by atomic mass is 9.92. The molecule has 6 heteroatoms. The lowest BCUT2D eigenvalue weighted by Gasteiger charge is -2.20. The van der Waals surface area contributed by atoms with Crippen LogP contribution in [0.2, 0.25) is 0 Å². The first-order chi connectivity index (χ1) is 9.27. The number of hydrogen-bond acceptors (Lipinski definition) is 5. The van der Waals surface area contributed by atoms with Crippen LogP contribution in [0.4, 0.5) is 9.80 Å². The Kier molecular flexibility index (Phi) is 5.33. The van der Waals surface area contributed by atoms with Gasteiger partial charge in [0.15, 0.2) is 0 Å². The molecule has 1 rings (SSSR count). The molecule has 0 saturated heterocycles. The van der Waals surface area contributed by atoms with E-state index in [9.17, 15) is 9.59 Å². The van der Waals surface area contributed by atoms with Gasteiger partial charge < -0.3 is 9.47 Å². The Hall–Kier alpha value is -1.82. The predicted molar refractivity (Wildman–Crippen MR) is 78.9 cm³/mol. The maximum Gasteiger partial charge on any atom is 0.417 e. The third-order valence-corrected chi connectivity index (χ3v) is 3.82. The lowest BCUT2D eigenvalue weighted by Crippen LogP contribution is -2.30. The van der Waals surface area contributed by atoms with E-state index in [0.29, 0.717) is 17.4 Å². The third kappa shape index (κ3) is 4.09. The number of anilines is 1. The fourth-order valence-corrected chi connectivity index (χ4v) is 2.42. The molecule has 0 fully saturated rings. The molecule has 0 saturated carbocycles. The number of hydrogen-bond donors (Lipinski definition) is 1. The summed E-state index contributed by atoms with van der Waals surface area (Å²) in [7, 11) is 0. The zero-order valence-electron chi connectivity index (χ0n) is 12.1. The highest BCUT2D eigenvalue weighted by Gasteiger charge is 2.33. The molecule has 0 atom stereocenters. The van der Waals surface area contributed by atoms with E-state index < -0.39 is 11.5 Å². The molecular weight excluding hydrogens is 278 g/mol. The fraction of sp³-hybridized carbons (Fsp3) is 0.429. The van der Waals surface area contributed by atoms with Crippen molar-refractivity contribution in [2.45, 2.75) is 33.1 Å². The normalized spacial score (nSPS) is 10.8. The highest BCUT2D eigenvalue weighted by molar-refractivity contribution is 7.16. The number of thiophene rings is 1. The van der Waals surface area contributed by atoms with Crippen molar-refractivity contribution >= 4 is 28.4 Å². The van der Waals surface area contributed by atoms with Crippen molar-refractivity contribution in [1.29, 1.82) is 0 Å². The molecule has 110 valence electrons. The molecule has 20 heavy (non-hydrogen) atoms. The van der Waals surface area contributed by atoms with Crippen LogP contribution in [0.25, 0.3) is 0 Å². The van der Waals surface area contributed by atoms with Gasteiger partial charge in [0.2, 0.25) is 0 Å². The van der Waals surface area contributed by atoms with Gasteiger partial charge in [-0.05, 0) is 39.8 Å². The van der Waals surface area contributed by atoms with Gasteiger partial charge >= 0.3 is 12.1 Å². The Morgan fingerprint density at radius 3 is 2.60 bits per heavy atom. The van der Waals surface area contributed by atoms with Crippen LogP contribution in [-0.4, -0.2) is 18.7 Å². The second-order valence-corrected chi connectivity index (χ2v) is 5.81. The number of ether oxygens (including phenoxy) is 2. The van der Waals surface area contributed by atoms with Gasteiger partial charge in [0.05, 0.1) is 22.8 Å². The van der Waals surface area contributed by atoms with Gasteiger partial charge in [0.1, 0.15) is 0 Å². The summed E-state index contributed by atoms with van der Waals surface area (Å²) in [6, 6.07) is 3.51. The molecule has 0 spiro atoms. The molecule has 0 unspecified atom stereocenters. The largest absolute Gasteiger partial charge is 0.465 e. The Balaban J connectivity index is 2.78. The minimum Gasteiger partial charge on any atom is -0.465 e. The van der Waals surface area contributed by atoms with Crippen molar-refractivity contribution in [3.05, 3.63) is 29.3 Å². The molecule has 1 N–H and O–H groups in total. The minimum atomic E-state index is -0.751. The Morgan fingerprint density at radius 2 is 2.05 bits per heavy atom. The first-order valence-electron chi connectivity index (χ1n) is 6.19. The fourth-order valence-electron chi connectivity index (χ4n) is 1.44. The van der Waals surface area contributed by atoms with Crippen molar-refractivity contribution in [3.63, 3.8) is 0 Å². The van der Waals surface area contributed by atoms with Gasteiger partial charge in [0.25, 0.3) is 0 Å². The van der Waals surface area contributed by atoms with E-state index in [4.69, 9.17) is 9.47 Å². The molecule has 1 aromatic rings. The maximum atomic E-state index is 11.9. The van der Waals surface area contributed by atoms with Crippen LogP contribution in [0.15, 0.2) is 24.5 Å². The van der Waals surface area contributed by atoms with Gasteiger partial charge in [-0.25, -0.2) is 4.79 Å². The van der Waals surface area contributed by atoms with Crippen molar-refractivity contribution in [2.75, 3.05) is 11.9 Å². The molecular formula is C14H19NO4S. The summed E-state index contributed by atoms with van der Waals surface area (Å²) in [6.07, 6.45) is -0.597. The van der Waals surface area contributed by atoms with Crippen molar-refractivity contribution in [1.82, 2.24) is 0 Å². The van der Waals surface area contributed by atoms with E-state index >= 15 is 0 Å². The van der Waals surface area contributed by atoms with Gasteiger partial charge in [-0.2, -0.15) is 0 Å². The molecule has 1 aromatic heterocycles. The number of carbonyl (C=O) groups is 2. The first-order valence-corrected chi connectivity index (χ1v) is 7.01. The number of nitrogens with one attached hydrogen (secondary N) is 1. The zero-order chi connectivity index (χ0) is 15.3. The summed E-state index contributed by atoms with van der Waals surface area (Å²) in [4.78, 5) is 24.1. The molecule has 1 amide bonds. The SMILES string of the molecule is C=C(C)OC(=O)Nc1ccc(C(C)(C)C(=O)OCC)s1. The van der Waals surface area contributed by atoms with E-state index in [0.717, 1.165) is 4.88 Å². The van der Waals surface area contributed by atoms with Crippen LogP contribution in [0.5, 0.6) is 0 Å². The Morgan fingerprint density at radius 1 is 1.40 bits per heavy atom. The predicted octanol–water partition coefficient (Wildman–Crippen LogP) is 3.67. The van der Waals surface area contributed by atoms with Gasteiger partial charge in [-0.1, -0.05) is 6.58 Å². The summed E-state index contributed by atoms with van der Waals surface area (Å²) < 4.78 is 9.85. The summed E-state index contributed by atoms with van der Waals surface area (Å²) in [6.45, 7) is 10.7.